The van der Waals surface area contributed by atoms with Crippen LogP contribution in [0.3, 0.4) is 0 Å². The van der Waals surface area contributed by atoms with Gasteiger partial charge in [-0.2, -0.15) is 10.4 Å². The summed E-state index contributed by atoms with van der Waals surface area (Å²) in [7, 11) is 0. The molecule has 140 valence electrons. The largest absolute Gasteiger partial charge is 0.272 e. The van der Waals surface area contributed by atoms with Crippen LogP contribution < -0.4 is 5.43 Å². The van der Waals surface area contributed by atoms with Gasteiger partial charge < -0.3 is 0 Å². The third-order valence-electron chi connectivity index (χ3n) is 4.49. The summed E-state index contributed by atoms with van der Waals surface area (Å²) in [4.78, 5) is 18.6. The Morgan fingerprint density at radius 1 is 1.10 bits per heavy atom. The van der Waals surface area contributed by atoms with E-state index in [-0.39, 0.29) is 5.91 Å². The molecule has 0 aliphatic rings. The Morgan fingerprint density at radius 3 is 2.62 bits per heavy atom. The molecule has 29 heavy (non-hydrogen) atoms. The number of fused-ring (bicyclic) bond motifs is 1. The molecule has 0 radical (unpaired) electrons. The van der Waals surface area contributed by atoms with Gasteiger partial charge in [0.15, 0.2) is 0 Å². The second-order valence-corrected chi connectivity index (χ2v) is 7.32. The Kier molecular flexibility index (Phi) is 5.14. The summed E-state index contributed by atoms with van der Waals surface area (Å²) in [5.41, 5.74) is 6.76. The highest BCUT2D eigenvalue weighted by Gasteiger charge is 2.14. The molecule has 0 aliphatic heterocycles. The quantitative estimate of drug-likeness (QED) is 0.390. The fourth-order valence-electron chi connectivity index (χ4n) is 2.96. The lowest BCUT2D eigenvalue weighted by Gasteiger charge is -2.08. The van der Waals surface area contributed by atoms with Gasteiger partial charge in [0, 0.05) is 5.39 Å². The van der Waals surface area contributed by atoms with Gasteiger partial charge in [-0.05, 0) is 48.2 Å². The van der Waals surface area contributed by atoms with Crippen molar-refractivity contribution in [2.24, 2.45) is 5.10 Å². The summed E-state index contributed by atoms with van der Waals surface area (Å²) < 4.78 is 0. The van der Waals surface area contributed by atoms with Crippen molar-refractivity contribution in [1.82, 2.24) is 10.4 Å². The Morgan fingerprint density at radius 2 is 1.90 bits per heavy atom. The van der Waals surface area contributed by atoms with Crippen LogP contribution in [0.5, 0.6) is 0 Å². The summed E-state index contributed by atoms with van der Waals surface area (Å²) in [6, 6.07) is 22.5. The molecule has 1 amide bonds. The number of amides is 1. The highest BCUT2D eigenvalue weighted by atomic mass is 32.1. The van der Waals surface area contributed by atoms with E-state index in [2.05, 4.69) is 21.6 Å². The maximum atomic E-state index is 12.9. The van der Waals surface area contributed by atoms with E-state index in [1.807, 2.05) is 48.7 Å². The topological polar surface area (TPSA) is 78.1 Å². The molecule has 0 saturated heterocycles. The number of hydrazone groups is 1. The number of aromatic nitrogens is 1. The van der Waals surface area contributed by atoms with Gasteiger partial charge in [0.25, 0.3) is 5.91 Å². The highest BCUT2D eigenvalue weighted by molar-refractivity contribution is 7.13. The molecular formula is C23H16N4OS. The molecule has 0 unspecified atom stereocenters. The standard InChI is InChI=1S/C23H16N4OS/c1-15(17-10-8-16(14-24)9-11-17)26-27-23(28)19-13-21(22-7-4-12-29-22)25-20-6-3-2-5-18(19)20/h2-13H,1H3,(H,27,28)/b26-15-. The van der Waals surface area contributed by atoms with E-state index in [0.717, 1.165) is 27.0 Å². The maximum absolute atomic E-state index is 12.9. The number of benzene rings is 2. The minimum absolute atomic E-state index is 0.297. The van der Waals surface area contributed by atoms with Crippen LogP contribution in [0, 0.1) is 11.3 Å². The average Bonchev–Trinajstić information content (AvgIpc) is 3.31. The predicted octanol–water partition coefficient (Wildman–Crippen LogP) is 4.99. The molecule has 6 heteroatoms. The molecule has 4 rings (SSSR count). The Hall–Kier alpha value is -3.82. The molecule has 2 heterocycles. The van der Waals surface area contributed by atoms with Crippen LogP contribution in [-0.2, 0) is 0 Å². The summed E-state index contributed by atoms with van der Waals surface area (Å²) in [6.07, 6.45) is 0. The average molecular weight is 396 g/mol. The lowest BCUT2D eigenvalue weighted by molar-refractivity contribution is 0.0956. The highest BCUT2D eigenvalue weighted by Crippen LogP contribution is 2.27. The number of pyridine rings is 1. The molecule has 1 N–H and O–H groups in total. The van der Waals surface area contributed by atoms with Gasteiger partial charge in [-0.25, -0.2) is 10.4 Å². The molecule has 0 saturated carbocycles. The third-order valence-corrected chi connectivity index (χ3v) is 5.38. The van der Waals surface area contributed by atoms with Crippen molar-refractivity contribution in [2.45, 2.75) is 6.92 Å². The molecule has 0 spiro atoms. The minimum atomic E-state index is -0.297. The maximum Gasteiger partial charge on any atom is 0.272 e. The van der Waals surface area contributed by atoms with Crippen LogP contribution in [0.15, 0.2) is 77.2 Å². The van der Waals surface area contributed by atoms with Gasteiger partial charge in [0.05, 0.1) is 39.0 Å². The van der Waals surface area contributed by atoms with Crippen LogP contribution in [0.2, 0.25) is 0 Å². The van der Waals surface area contributed by atoms with Crippen LogP contribution in [0.1, 0.15) is 28.4 Å². The third kappa shape index (κ3) is 3.91. The fourth-order valence-corrected chi connectivity index (χ4v) is 3.65. The first kappa shape index (κ1) is 18.5. The van der Waals surface area contributed by atoms with Crippen LogP contribution >= 0.6 is 11.3 Å². The van der Waals surface area contributed by atoms with Gasteiger partial charge in [-0.15, -0.1) is 11.3 Å². The number of para-hydroxylation sites is 1. The normalized spacial score (nSPS) is 11.2. The molecule has 0 bridgehead atoms. The molecule has 2 aromatic heterocycles. The number of carbonyl (C=O) groups excluding carboxylic acids is 1. The molecule has 4 aromatic rings. The van der Waals surface area contributed by atoms with Crippen LogP contribution in [0.25, 0.3) is 21.5 Å². The molecular weight excluding hydrogens is 380 g/mol. The number of nitrogens with one attached hydrogen (secondary N) is 1. The van der Waals surface area contributed by atoms with E-state index < -0.39 is 0 Å². The molecule has 0 fully saturated rings. The minimum Gasteiger partial charge on any atom is -0.267 e. The Labute approximate surface area is 172 Å². The first-order chi connectivity index (χ1) is 14.2. The van der Waals surface area contributed by atoms with Gasteiger partial charge in [-0.1, -0.05) is 36.4 Å². The van der Waals surface area contributed by atoms with E-state index >= 15 is 0 Å². The summed E-state index contributed by atoms with van der Waals surface area (Å²) in [5.74, 6) is -0.297. The Bertz CT molecular complexity index is 1250. The molecule has 0 aliphatic carbocycles. The number of carbonyl (C=O) groups is 1. The van der Waals surface area contributed by atoms with E-state index in [1.54, 1.807) is 41.7 Å². The number of hydrogen-bond acceptors (Lipinski definition) is 5. The zero-order chi connectivity index (χ0) is 20.2. The van der Waals surface area contributed by atoms with E-state index in [0.29, 0.717) is 16.8 Å². The fraction of sp³-hybridized carbons (Fsp3) is 0.0435. The Balaban J connectivity index is 1.66. The lowest BCUT2D eigenvalue weighted by atomic mass is 10.1. The van der Waals surface area contributed by atoms with Crippen molar-refractivity contribution in [1.29, 1.82) is 5.26 Å². The molecule has 2 aromatic carbocycles. The van der Waals surface area contributed by atoms with Crippen molar-refractivity contribution in [2.75, 3.05) is 0 Å². The second-order valence-electron chi connectivity index (χ2n) is 6.38. The first-order valence-corrected chi connectivity index (χ1v) is 9.82. The number of hydrogen-bond donors (Lipinski definition) is 1. The van der Waals surface area contributed by atoms with Gasteiger partial charge >= 0.3 is 0 Å². The van der Waals surface area contributed by atoms with E-state index in [4.69, 9.17) is 5.26 Å². The second kappa shape index (κ2) is 8.05. The monoisotopic (exact) mass is 396 g/mol. The van der Waals surface area contributed by atoms with Gasteiger partial charge in [0.2, 0.25) is 0 Å². The van der Waals surface area contributed by atoms with Crippen molar-refractivity contribution in [3.63, 3.8) is 0 Å². The molecule has 0 atom stereocenters. The van der Waals surface area contributed by atoms with Crippen molar-refractivity contribution in [3.05, 3.63) is 88.8 Å². The van der Waals surface area contributed by atoms with Crippen molar-refractivity contribution >= 4 is 33.9 Å². The van der Waals surface area contributed by atoms with Crippen molar-refractivity contribution < 1.29 is 4.79 Å². The van der Waals surface area contributed by atoms with E-state index in [9.17, 15) is 4.79 Å². The predicted molar refractivity (Wildman–Crippen MR) is 116 cm³/mol. The van der Waals surface area contributed by atoms with Crippen LogP contribution in [-0.4, -0.2) is 16.6 Å². The summed E-state index contributed by atoms with van der Waals surface area (Å²) in [6.45, 7) is 1.81. The van der Waals surface area contributed by atoms with Gasteiger partial charge in [0.1, 0.15) is 0 Å². The van der Waals surface area contributed by atoms with Gasteiger partial charge in [-0.3, -0.25) is 4.79 Å². The SMILES string of the molecule is C/C(=N/NC(=O)c1cc(-c2cccs2)nc2ccccc12)c1ccc(C#N)cc1. The number of rotatable bonds is 4. The van der Waals surface area contributed by atoms with Crippen molar-refractivity contribution in [3.8, 4) is 16.6 Å². The first-order valence-electron chi connectivity index (χ1n) is 8.94. The number of thiophene rings is 1. The van der Waals surface area contributed by atoms with E-state index in [1.165, 1.54) is 0 Å². The number of nitriles is 1. The summed E-state index contributed by atoms with van der Waals surface area (Å²) in [5, 5.41) is 15.9. The zero-order valence-electron chi connectivity index (χ0n) is 15.6. The lowest BCUT2D eigenvalue weighted by Crippen LogP contribution is -2.20. The molecule has 5 nitrogen and oxygen atoms in total. The van der Waals surface area contributed by atoms with Crippen LogP contribution in [0.4, 0.5) is 0 Å². The summed E-state index contributed by atoms with van der Waals surface area (Å²) >= 11 is 1.58. The number of nitrogens with zero attached hydrogens (tertiary/aromatic N) is 3. The smallest absolute Gasteiger partial charge is 0.267 e. The zero-order valence-corrected chi connectivity index (χ0v) is 16.4.